The highest BCUT2D eigenvalue weighted by Crippen LogP contribution is 2.18. The molecule has 0 spiro atoms. The van der Waals surface area contributed by atoms with Gasteiger partial charge in [-0.05, 0) is 23.6 Å². The normalized spacial score (nSPS) is 13.2. The average Bonchev–Trinajstić information content (AvgIpc) is 2.61. The number of nitrogens with zero attached hydrogens (tertiary/aromatic N) is 1. The molecule has 0 saturated heterocycles. The minimum Gasteiger partial charge on any atom is -0.399 e. The number of hydrogen-bond acceptors (Lipinski definition) is 3. The molecule has 0 amide bonds. The molecular formula is C11H14N2O2. The fraction of sp³-hybridized carbons (Fsp3) is 0.273. The molecule has 15 heavy (non-hydrogen) atoms. The van der Waals surface area contributed by atoms with Gasteiger partial charge in [-0.2, -0.15) is 0 Å². The first-order valence-corrected chi connectivity index (χ1v) is 4.84. The Hall–Kier alpha value is -1.52. The standard InChI is InChI=1S/C11H14N2O2/c12-9-2-1-8-3-4-13(11(8)5-9)6-10(15)7-14/h1-5,10,14-15H,6-7,12H2. The molecule has 0 aliphatic carbocycles. The van der Waals surface area contributed by atoms with Gasteiger partial charge in [0, 0.05) is 11.9 Å². The summed E-state index contributed by atoms with van der Waals surface area (Å²) in [5.41, 5.74) is 7.36. The Morgan fingerprint density at radius 2 is 2.13 bits per heavy atom. The maximum atomic E-state index is 9.36. The van der Waals surface area contributed by atoms with Gasteiger partial charge in [0.15, 0.2) is 0 Å². The minimum atomic E-state index is -0.734. The number of rotatable bonds is 3. The molecular weight excluding hydrogens is 192 g/mol. The van der Waals surface area contributed by atoms with E-state index in [9.17, 15) is 5.11 Å². The van der Waals surface area contributed by atoms with Crippen LogP contribution in [-0.4, -0.2) is 27.5 Å². The zero-order valence-electron chi connectivity index (χ0n) is 8.30. The molecule has 1 aromatic heterocycles. The van der Waals surface area contributed by atoms with E-state index in [2.05, 4.69) is 0 Å². The molecule has 0 radical (unpaired) electrons. The van der Waals surface area contributed by atoms with Crippen molar-refractivity contribution in [2.75, 3.05) is 12.3 Å². The van der Waals surface area contributed by atoms with Crippen LogP contribution >= 0.6 is 0 Å². The van der Waals surface area contributed by atoms with Gasteiger partial charge >= 0.3 is 0 Å². The molecule has 1 unspecified atom stereocenters. The average molecular weight is 206 g/mol. The number of aliphatic hydroxyl groups excluding tert-OH is 2. The maximum Gasteiger partial charge on any atom is 0.0949 e. The van der Waals surface area contributed by atoms with Crippen molar-refractivity contribution in [3.05, 3.63) is 30.5 Å². The Balaban J connectivity index is 2.39. The summed E-state index contributed by atoms with van der Waals surface area (Å²) in [7, 11) is 0. The van der Waals surface area contributed by atoms with Crippen LogP contribution in [0.4, 0.5) is 5.69 Å². The smallest absolute Gasteiger partial charge is 0.0949 e. The molecule has 0 fully saturated rings. The molecule has 0 aliphatic rings. The van der Waals surface area contributed by atoms with Crippen LogP contribution in [0.25, 0.3) is 10.9 Å². The summed E-state index contributed by atoms with van der Waals surface area (Å²) in [6, 6.07) is 7.60. The second-order valence-corrected chi connectivity index (χ2v) is 3.62. The van der Waals surface area contributed by atoms with E-state index in [4.69, 9.17) is 10.8 Å². The minimum absolute atomic E-state index is 0.234. The lowest BCUT2D eigenvalue weighted by Crippen LogP contribution is -2.19. The van der Waals surface area contributed by atoms with Crippen LogP contribution in [0.3, 0.4) is 0 Å². The van der Waals surface area contributed by atoms with Crippen molar-refractivity contribution >= 4 is 16.6 Å². The number of nitrogens with two attached hydrogens (primary N) is 1. The lowest BCUT2D eigenvalue weighted by Gasteiger charge is -2.09. The van der Waals surface area contributed by atoms with Crippen molar-refractivity contribution < 1.29 is 10.2 Å². The second-order valence-electron chi connectivity index (χ2n) is 3.62. The van der Waals surface area contributed by atoms with Crippen molar-refractivity contribution in [1.82, 2.24) is 4.57 Å². The van der Waals surface area contributed by atoms with Crippen LogP contribution in [0.1, 0.15) is 0 Å². The number of aromatic nitrogens is 1. The summed E-state index contributed by atoms with van der Waals surface area (Å²) in [5, 5.41) is 19.2. The lowest BCUT2D eigenvalue weighted by molar-refractivity contribution is 0.0822. The first-order chi connectivity index (χ1) is 7.20. The van der Waals surface area contributed by atoms with Gasteiger partial charge in [0.25, 0.3) is 0 Å². The SMILES string of the molecule is Nc1ccc2ccn(CC(O)CO)c2c1. The van der Waals surface area contributed by atoms with Crippen LogP contribution in [0.2, 0.25) is 0 Å². The Morgan fingerprint density at radius 1 is 1.33 bits per heavy atom. The van der Waals surface area contributed by atoms with Crippen LogP contribution in [0.15, 0.2) is 30.5 Å². The monoisotopic (exact) mass is 206 g/mol. The summed E-state index contributed by atoms with van der Waals surface area (Å²) < 4.78 is 1.88. The molecule has 4 nitrogen and oxygen atoms in total. The number of anilines is 1. The van der Waals surface area contributed by atoms with Gasteiger partial charge in [0.05, 0.1) is 24.8 Å². The molecule has 2 aromatic rings. The Bertz CT molecular complexity index is 465. The van der Waals surface area contributed by atoms with Gasteiger partial charge in [-0.3, -0.25) is 0 Å². The van der Waals surface area contributed by atoms with Crippen molar-refractivity contribution in [2.45, 2.75) is 12.6 Å². The summed E-state index contributed by atoms with van der Waals surface area (Å²) in [6.45, 7) is 0.144. The van der Waals surface area contributed by atoms with E-state index >= 15 is 0 Å². The van der Waals surface area contributed by atoms with Gasteiger partial charge in [0.1, 0.15) is 0 Å². The van der Waals surface area contributed by atoms with Crippen molar-refractivity contribution in [1.29, 1.82) is 0 Å². The highest BCUT2D eigenvalue weighted by atomic mass is 16.3. The van der Waals surface area contributed by atoms with Gasteiger partial charge in [0.2, 0.25) is 0 Å². The first kappa shape index (κ1) is 10.0. The highest BCUT2D eigenvalue weighted by Gasteiger charge is 2.06. The molecule has 2 rings (SSSR count). The zero-order chi connectivity index (χ0) is 10.8. The van der Waals surface area contributed by atoms with E-state index in [1.165, 1.54) is 0 Å². The summed E-state index contributed by atoms with van der Waals surface area (Å²) >= 11 is 0. The molecule has 0 bridgehead atoms. The van der Waals surface area contributed by atoms with Gasteiger partial charge < -0.3 is 20.5 Å². The van der Waals surface area contributed by atoms with Crippen LogP contribution in [0.5, 0.6) is 0 Å². The van der Waals surface area contributed by atoms with E-state index in [0.717, 1.165) is 10.9 Å². The summed E-state index contributed by atoms with van der Waals surface area (Å²) in [4.78, 5) is 0. The predicted octanol–water partition coefficient (Wildman–Crippen LogP) is 0.577. The Kier molecular flexibility index (Phi) is 2.62. The van der Waals surface area contributed by atoms with E-state index in [1.54, 1.807) is 0 Å². The van der Waals surface area contributed by atoms with Gasteiger partial charge in [-0.15, -0.1) is 0 Å². The lowest BCUT2D eigenvalue weighted by atomic mass is 10.2. The van der Waals surface area contributed by atoms with Crippen LogP contribution in [-0.2, 0) is 6.54 Å². The second kappa shape index (κ2) is 3.92. The number of aliphatic hydroxyl groups is 2. The molecule has 0 saturated carbocycles. The van der Waals surface area contributed by atoms with Crippen LogP contribution in [0, 0.1) is 0 Å². The Labute approximate surface area is 87.6 Å². The van der Waals surface area contributed by atoms with Crippen molar-refractivity contribution in [2.24, 2.45) is 0 Å². The molecule has 1 aromatic carbocycles. The fourth-order valence-electron chi connectivity index (χ4n) is 1.64. The third-order valence-corrected chi connectivity index (χ3v) is 2.42. The van der Waals surface area contributed by atoms with Crippen molar-refractivity contribution in [3.63, 3.8) is 0 Å². The number of nitrogen functional groups attached to an aromatic ring is 1. The molecule has 1 atom stereocenters. The number of benzene rings is 1. The van der Waals surface area contributed by atoms with E-state index in [0.29, 0.717) is 12.2 Å². The quantitative estimate of drug-likeness (QED) is 0.643. The van der Waals surface area contributed by atoms with Crippen molar-refractivity contribution in [3.8, 4) is 0 Å². The zero-order valence-corrected chi connectivity index (χ0v) is 8.30. The van der Waals surface area contributed by atoms with E-state index in [-0.39, 0.29) is 6.61 Å². The molecule has 1 heterocycles. The molecule has 4 heteroatoms. The molecule has 0 aliphatic heterocycles. The maximum absolute atomic E-state index is 9.36. The third-order valence-electron chi connectivity index (χ3n) is 2.42. The molecule has 4 N–H and O–H groups in total. The fourth-order valence-corrected chi connectivity index (χ4v) is 1.64. The predicted molar refractivity (Wildman–Crippen MR) is 59.4 cm³/mol. The topological polar surface area (TPSA) is 71.4 Å². The number of fused-ring (bicyclic) bond motifs is 1. The largest absolute Gasteiger partial charge is 0.399 e. The summed E-state index contributed by atoms with van der Waals surface area (Å²) in [5.74, 6) is 0. The van der Waals surface area contributed by atoms with E-state index in [1.807, 2.05) is 35.0 Å². The number of hydrogen-bond donors (Lipinski definition) is 3. The highest BCUT2D eigenvalue weighted by molar-refractivity contribution is 5.83. The summed E-state index contributed by atoms with van der Waals surface area (Å²) in [6.07, 6.45) is 1.14. The third kappa shape index (κ3) is 1.95. The molecule has 80 valence electrons. The van der Waals surface area contributed by atoms with Gasteiger partial charge in [-0.25, -0.2) is 0 Å². The van der Waals surface area contributed by atoms with Crippen LogP contribution < -0.4 is 5.73 Å². The van der Waals surface area contributed by atoms with Gasteiger partial charge in [-0.1, -0.05) is 6.07 Å². The van der Waals surface area contributed by atoms with E-state index < -0.39 is 6.10 Å². The first-order valence-electron chi connectivity index (χ1n) is 4.84. The Morgan fingerprint density at radius 3 is 2.87 bits per heavy atom.